The molecule has 0 saturated carbocycles. The molecule has 1 amide bonds. The summed E-state index contributed by atoms with van der Waals surface area (Å²) in [5, 5.41) is 13.2. The first kappa shape index (κ1) is 15.4. The fraction of sp³-hybridized carbons (Fsp3) is 0.125. The van der Waals surface area contributed by atoms with Gasteiger partial charge in [0.1, 0.15) is 5.78 Å². The van der Waals surface area contributed by atoms with Gasteiger partial charge in [0.05, 0.1) is 11.3 Å². The lowest BCUT2D eigenvalue weighted by Gasteiger charge is -2.06. The zero-order chi connectivity index (χ0) is 16.1. The van der Waals surface area contributed by atoms with Crippen molar-refractivity contribution in [1.29, 1.82) is 0 Å². The van der Waals surface area contributed by atoms with Crippen LogP contribution in [0.4, 0.5) is 11.4 Å². The Morgan fingerprint density at radius 3 is 1.95 bits per heavy atom. The number of non-ortho nitro benzene ring substituents is 1. The van der Waals surface area contributed by atoms with Gasteiger partial charge in [0.15, 0.2) is 0 Å². The van der Waals surface area contributed by atoms with E-state index in [0.717, 1.165) is 11.1 Å². The summed E-state index contributed by atoms with van der Waals surface area (Å²) in [4.78, 5) is 32.5. The van der Waals surface area contributed by atoms with Gasteiger partial charge in [-0.2, -0.15) is 0 Å². The van der Waals surface area contributed by atoms with Crippen molar-refractivity contribution in [2.75, 3.05) is 5.32 Å². The molecule has 1 N–H and O–H groups in total. The summed E-state index contributed by atoms with van der Waals surface area (Å²) < 4.78 is 0. The monoisotopic (exact) mass is 298 g/mol. The summed E-state index contributed by atoms with van der Waals surface area (Å²) in [6, 6.07) is 13.2. The molecule has 112 valence electrons. The number of nitrogens with one attached hydrogen (secondary N) is 1. The third-order valence-electron chi connectivity index (χ3n) is 2.99. The Kier molecular flexibility index (Phi) is 4.63. The van der Waals surface area contributed by atoms with Crippen LogP contribution in [0.25, 0.3) is 11.1 Å². The SMILES string of the molecule is CC(=O)CC(=O)Nc1ccc(-c2ccc([N+](=O)[O-])cc2)cc1. The van der Waals surface area contributed by atoms with E-state index >= 15 is 0 Å². The normalized spacial score (nSPS) is 10.0. The number of nitro groups is 1. The Labute approximate surface area is 126 Å². The van der Waals surface area contributed by atoms with E-state index in [-0.39, 0.29) is 23.8 Å². The molecular formula is C16H14N2O4. The maximum absolute atomic E-state index is 11.5. The van der Waals surface area contributed by atoms with Gasteiger partial charge >= 0.3 is 0 Å². The molecule has 0 atom stereocenters. The van der Waals surface area contributed by atoms with E-state index in [9.17, 15) is 19.7 Å². The second kappa shape index (κ2) is 6.62. The molecule has 6 nitrogen and oxygen atoms in total. The van der Waals surface area contributed by atoms with Crippen LogP contribution < -0.4 is 5.32 Å². The van der Waals surface area contributed by atoms with E-state index < -0.39 is 4.92 Å². The minimum absolute atomic E-state index is 0.0388. The van der Waals surface area contributed by atoms with Gasteiger partial charge in [-0.3, -0.25) is 19.7 Å². The number of rotatable bonds is 5. The van der Waals surface area contributed by atoms with Gasteiger partial charge in [0.25, 0.3) is 5.69 Å². The van der Waals surface area contributed by atoms with E-state index in [1.54, 1.807) is 36.4 Å². The maximum atomic E-state index is 11.5. The number of anilines is 1. The minimum atomic E-state index is -0.447. The van der Waals surface area contributed by atoms with Crippen LogP contribution >= 0.6 is 0 Å². The molecule has 2 aromatic rings. The van der Waals surface area contributed by atoms with Gasteiger partial charge in [-0.15, -0.1) is 0 Å². The van der Waals surface area contributed by atoms with Crippen LogP contribution in [0, 0.1) is 10.1 Å². The van der Waals surface area contributed by atoms with Gasteiger partial charge in [-0.05, 0) is 42.3 Å². The van der Waals surface area contributed by atoms with E-state index in [1.165, 1.54) is 19.1 Å². The Morgan fingerprint density at radius 2 is 1.50 bits per heavy atom. The molecule has 22 heavy (non-hydrogen) atoms. The Balaban J connectivity index is 2.09. The van der Waals surface area contributed by atoms with Crippen LogP contribution in [0.15, 0.2) is 48.5 Å². The second-order valence-corrected chi connectivity index (χ2v) is 4.81. The molecule has 0 spiro atoms. The number of nitro benzene ring substituents is 1. The highest BCUT2D eigenvalue weighted by Gasteiger charge is 2.07. The fourth-order valence-corrected chi connectivity index (χ4v) is 1.95. The Bertz CT molecular complexity index is 706. The third-order valence-corrected chi connectivity index (χ3v) is 2.99. The number of Topliss-reactive ketones (excluding diaryl/α,β-unsaturated/α-hetero) is 1. The van der Waals surface area contributed by atoms with Crippen molar-refractivity contribution in [2.24, 2.45) is 0 Å². The minimum Gasteiger partial charge on any atom is -0.326 e. The molecular weight excluding hydrogens is 284 g/mol. The maximum Gasteiger partial charge on any atom is 0.269 e. The molecule has 0 aliphatic heterocycles. The highest BCUT2D eigenvalue weighted by molar-refractivity contribution is 6.03. The molecule has 0 heterocycles. The molecule has 0 saturated heterocycles. The van der Waals surface area contributed by atoms with Crippen LogP contribution in [-0.4, -0.2) is 16.6 Å². The Hall–Kier alpha value is -3.02. The van der Waals surface area contributed by atoms with Gasteiger partial charge in [-0.25, -0.2) is 0 Å². The van der Waals surface area contributed by atoms with E-state index in [2.05, 4.69) is 5.32 Å². The molecule has 0 aromatic heterocycles. The average molecular weight is 298 g/mol. The first-order valence-corrected chi connectivity index (χ1v) is 6.60. The lowest BCUT2D eigenvalue weighted by molar-refractivity contribution is -0.384. The fourth-order valence-electron chi connectivity index (χ4n) is 1.95. The largest absolute Gasteiger partial charge is 0.326 e. The molecule has 0 aliphatic carbocycles. The summed E-state index contributed by atoms with van der Waals surface area (Å²) in [6.45, 7) is 1.36. The highest BCUT2D eigenvalue weighted by atomic mass is 16.6. The standard InChI is InChI=1S/C16H14N2O4/c1-11(19)10-16(20)17-14-6-2-12(3-7-14)13-4-8-15(9-5-13)18(21)22/h2-9H,10H2,1H3,(H,17,20). The van der Waals surface area contributed by atoms with Gasteiger partial charge in [0, 0.05) is 17.8 Å². The van der Waals surface area contributed by atoms with Crippen molar-refractivity contribution in [3.05, 3.63) is 58.6 Å². The number of ketones is 1. The van der Waals surface area contributed by atoms with Crippen molar-refractivity contribution < 1.29 is 14.5 Å². The van der Waals surface area contributed by atoms with Crippen LogP contribution in [0.5, 0.6) is 0 Å². The van der Waals surface area contributed by atoms with Crippen molar-refractivity contribution in [1.82, 2.24) is 0 Å². The number of benzene rings is 2. The van der Waals surface area contributed by atoms with E-state index in [4.69, 9.17) is 0 Å². The van der Waals surface area contributed by atoms with Gasteiger partial charge in [-0.1, -0.05) is 12.1 Å². The quantitative estimate of drug-likeness (QED) is 0.521. The van der Waals surface area contributed by atoms with Crippen LogP contribution in [0.3, 0.4) is 0 Å². The summed E-state index contributed by atoms with van der Waals surface area (Å²) in [5.41, 5.74) is 2.35. The summed E-state index contributed by atoms with van der Waals surface area (Å²) in [6.07, 6.45) is -0.149. The zero-order valence-electron chi connectivity index (χ0n) is 11.9. The molecule has 0 radical (unpaired) electrons. The van der Waals surface area contributed by atoms with Crippen molar-refractivity contribution >= 4 is 23.1 Å². The Morgan fingerprint density at radius 1 is 1.00 bits per heavy atom. The zero-order valence-corrected chi connectivity index (χ0v) is 11.9. The van der Waals surface area contributed by atoms with Crippen LogP contribution in [0.2, 0.25) is 0 Å². The van der Waals surface area contributed by atoms with E-state index in [1.807, 2.05) is 0 Å². The first-order chi connectivity index (χ1) is 10.5. The number of hydrogen-bond donors (Lipinski definition) is 1. The molecule has 0 fully saturated rings. The number of carbonyl (C=O) groups excluding carboxylic acids is 2. The predicted molar refractivity (Wildman–Crippen MR) is 82.5 cm³/mol. The van der Waals surface area contributed by atoms with Crippen molar-refractivity contribution in [3.63, 3.8) is 0 Å². The molecule has 0 unspecified atom stereocenters. The van der Waals surface area contributed by atoms with Crippen LogP contribution in [0.1, 0.15) is 13.3 Å². The second-order valence-electron chi connectivity index (χ2n) is 4.81. The predicted octanol–water partition coefficient (Wildman–Crippen LogP) is 3.18. The number of nitrogens with zero attached hydrogens (tertiary/aromatic N) is 1. The van der Waals surface area contributed by atoms with E-state index in [0.29, 0.717) is 5.69 Å². The number of hydrogen-bond acceptors (Lipinski definition) is 4. The molecule has 0 aliphatic rings. The number of amides is 1. The lowest BCUT2D eigenvalue weighted by atomic mass is 10.1. The van der Waals surface area contributed by atoms with Crippen molar-refractivity contribution in [2.45, 2.75) is 13.3 Å². The van der Waals surface area contributed by atoms with Crippen LogP contribution in [-0.2, 0) is 9.59 Å². The molecule has 2 rings (SSSR count). The van der Waals surface area contributed by atoms with Crippen molar-refractivity contribution in [3.8, 4) is 11.1 Å². The highest BCUT2D eigenvalue weighted by Crippen LogP contribution is 2.23. The molecule has 0 bridgehead atoms. The van der Waals surface area contributed by atoms with Gasteiger partial charge in [0.2, 0.25) is 5.91 Å². The number of carbonyl (C=O) groups is 2. The molecule has 6 heteroatoms. The summed E-state index contributed by atoms with van der Waals surface area (Å²) in [5.74, 6) is -0.546. The summed E-state index contributed by atoms with van der Waals surface area (Å²) >= 11 is 0. The topological polar surface area (TPSA) is 89.3 Å². The summed E-state index contributed by atoms with van der Waals surface area (Å²) in [7, 11) is 0. The molecule has 2 aromatic carbocycles. The van der Waals surface area contributed by atoms with Gasteiger partial charge < -0.3 is 5.32 Å². The lowest BCUT2D eigenvalue weighted by Crippen LogP contribution is -2.14. The third kappa shape index (κ3) is 3.99. The smallest absolute Gasteiger partial charge is 0.269 e. The average Bonchev–Trinajstić information content (AvgIpc) is 2.47. The first-order valence-electron chi connectivity index (χ1n) is 6.60.